The summed E-state index contributed by atoms with van der Waals surface area (Å²) in [6.45, 7) is 0. The van der Waals surface area contributed by atoms with E-state index in [0.29, 0.717) is 17.7 Å². The first-order chi connectivity index (χ1) is 10.6. The number of nitrogens with two attached hydrogens (primary N) is 1. The van der Waals surface area contributed by atoms with Crippen molar-refractivity contribution in [2.75, 3.05) is 12.8 Å². The Morgan fingerprint density at radius 1 is 1.50 bits per heavy atom. The first kappa shape index (κ1) is 14.6. The molecule has 1 aliphatic carbocycles. The highest BCUT2D eigenvalue weighted by atomic mass is 32.2. The Hall–Kier alpha value is -2.29. The number of methoxy groups -OCH3 is 1. The average Bonchev–Trinajstić information content (AvgIpc) is 3.28. The molecular formula is C13H15N5O3S. The van der Waals surface area contributed by atoms with Crippen molar-refractivity contribution in [1.29, 1.82) is 0 Å². The first-order valence-corrected chi connectivity index (χ1v) is 7.73. The van der Waals surface area contributed by atoms with Gasteiger partial charge in [-0.2, -0.15) is 0 Å². The van der Waals surface area contributed by atoms with Crippen LogP contribution in [0.15, 0.2) is 23.4 Å². The van der Waals surface area contributed by atoms with Gasteiger partial charge in [0.05, 0.1) is 12.0 Å². The van der Waals surface area contributed by atoms with Gasteiger partial charge in [0.1, 0.15) is 0 Å². The predicted molar refractivity (Wildman–Crippen MR) is 81.9 cm³/mol. The van der Waals surface area contributed by atoms with Crippen LogP contribution < -0.4 is 10.5 Å². The lowest BCUT2D eigenvalue weighted by Gasteiger charge is -2.07. The minimum atomic E-state index is -0.447. The zero-order valence-corrected chi connectivity index (χ0v) is 12.7. The number of aromatic nitrogens is 3. The fourth-order valence-electron chi connectivity index (χ4n) is 2.18. The maximum Gasteiger partial charge on any atom is 0.311 e. The van der Waals surface area contributed by atoms with Crippen molar-refractivity contribution in [3.05, 3.63) is 33.9 Å². The van der Waals surface area contributed by atoms with Gasteiger partial charge in [-0.3, -0.25) is 14.7 Å². The van der Waals surface area contributed by atoms with E-state index in [9.17, 15) is 10.1 Å². The number of nitrogen functional groups attached to an aromatic ring is 1. The maximum atomic E-state index is 11.0. The van der Waals surface area contributed by atoms with Gasteiger partial charge in [-0.1, -0.05) is 17.8 Å². The summed E-state index contributed by atoms with van der Waals surface area (Å²) in [4.78, 5) is 10.6. The van der Waals surface area contributed by atoms with Crippen LogP contribution in [0, 0.1) is 10.1 Å². The molecule has 0 bridgehead atoms. The molecule has 0 saturated heterocycles. The van der Waals surface area contributed by atoms with Crippen molar-refractivity contribution in [3.8, 4) is 5.75 Å². The zero-order chi connectivity index (χ0) is 15.7. The second-order valence-corrected chi connectivity index (χ2v) is 5.94. The minimum absolute atomic E-state index is 0.0382. The van der Waals surface area contributed by atoms with Crippen molar-refractivity contribution in [2.24, 2.45) is 0 Å². The van der Waals surface area contributed by atoms with E-state index in [4.69, 9.17) is 10.5 Å². The van der Waals surface area contributed by atoms with Crippen molar-refractivity contribution in [3.63, 3.8) is 0 Å². The number of nitro benzene ring substituents is 1. The Kier molecular flexibility index (Phi) is 3.88. The van der Waals surface area contributed by atoms with Crippen LogP contribution in [-0.2, 0) is 5.75 Å². The lowest BCUT2D eigenvalue weighted by atomic mass is 10.2. The van der Waals surface area contributed by atoms with E-state index >= 15 is 0 Å². The summed E-state index contributed by atoms with van der Waals surface area (Å²) in [5.41, 5.74) is 6.61. The molecule has 0 spiro atoms. The molecule has 22 heavy (non-hydrogen) atoms. The van der Waals surface area contributed by atoms with Gasteiger partial charge in [0, 0.05) is 17.9 Å². The summed E-state index contributed by atoms with van der Waals surface area (Å²) in [5, 5.41) is 19.8. The number of ether oxygens (including phenoxy) is 1. The molecule has 0 radical (unpaired) electrons. The van der Waals surface area contributed by atoms with Crippen molar-refractivity contribution >= 4 is 23.4 Å². The third-order valence-electron chi connectivity index (χ3n) is 3.41. The van der Waals surface area contributed by atoms with E-state index in [1.54, 1.807) is 12.1 Å². The standard InChI is InChI=1S/C13H15N5O3S/c1-21-11-5-2-8(6-10(11)18(19)20)7-22-13-16-15-12(14)17(13)9-3-4-9/h2,5-6,9H,3-4,7H2,1H3,(H2,14,15). The Balaban J connectivity index is 1.77. The fourth-order valence-corrected chi connectivity index (χ4v) is 3.13. The number of nitro groups is 1. The highest BCUT2D eigenvalue weighted by Crippen LogP contribution is 2.40. The van der Waals surface area contributed by atoms with Gasteiger partial charge in [0.25, 0.3) is 0 Å². The van der Waals surface area contributed by atoms with Crippen LogP contribution >= 0.6 is 11.8 Å². The summed E-state index contributed by atoms with van der Waals surface area (Å²) >= 11 is 1.47. The van der Waals surface area contributed by atoms with E-state index in [1.807, 2.05) is 4.57 Å². The fraction of sp³-hybridized carbons (Fsp3) is 0.385. The van der Waals surface area contributed by atoms with Gasteiger partial charge in [0.15, 0.2) is 10.9 Å². The van der Waals surface area contributed by atoms with Crippen LogP contribution in [0.25, 0.3) is 0 Å². The van der Waals surface area contributed by atoms with Gasteiger partial charge in [-0.05, 0) is 24.5 Å². The van der Waals surface area contributed by atoms with Crippen LogP contribution in [0.5, 0.6) is 5.75 Å². The molecular weight excluding hydrogens is 306 g/mol. The van der Waals surface area contributed by atoms with Crippen LogP contribution in [0.2, 0.25) is 0 Å². The molecule has 1 aromatic carbocycles. The van der Waals surface area contributed by atoms with E-state index < -0.39 is 4.92 Å². The molecule has 2 aromatic rings. The normalized spacial score (nSPS) is 14.0. The molecule has 1 heterocycles. The molecule has 1 aliphatic rings. The molecule has 1 aromatic heterocycles. The molecule has 2 N–H and O–H groups in total. The number of nitrogens with zero attached hydrogens (tertiary/aromatic N) is 4. The Labute approximate surface area is 130 Å². The van der Waals surface area contributed by atoms with Crippen LogP contribution in [0.3, 0.4) is 0 Å². The summed E-state index contributed by atoms with van der Waals surface area (Å²) in [6, 6.07) is 5.32. The third-order valence-corrected chi connectivity index (χ3v) is 4.43. The molecule has 8 nitrogen and oxygen atoms in total. The van der Waals surface area contributed by atoms with E-state index in [1.165, 1.54) is 24.9 Å². The summed E-state index contributed by atoms with van der Waals surface area (Å²) in [7, 11) is 1.41. The third kappa shape index (κ3) is 2.84. The smallest absolute Gasteiger partial charge is 0.311 e. The number of thioether (sulfide) groups is 1. The van der Waals surface area contributed by atoms with E-state index in [0.717, 1.165) is 23.6 Å². The Morgan fingerprint density at radius 3 is 2.91 bits per heavy atom. The second kappa shape index (κ2) is 5.84. The quantitative estimate of drug-likeness (QED) is 0.494. The largest absolute Gasteiger partial charge is 0.490 e. The molecule has 0 aliphatic heterocycles. The summed E-state index contributed by atoms with van der Waals surface area (Å²) in [6.07, 6.45) is 2.17. The Bertz CT molecular complexity index is 714. The minimum Gasteiger partial charge on any atom is -0.490 e. The molecule has 0 atom stereocenters. The number of hydrogen-bond acceptors (Lipinski definition) is 7. The maximum absolute atomic E-state index is 11.0. The number of rotatable bonds is 6. The number of benzene rings is 1. The van der Waals surface area contributed by atoms with Gasteiger partial charge in [-0.25, -0.2) is 0 Å². The van der Waals surface area contributed by atoms with E-state index in [-0.39, 0.29) is 11.4 Å². The first-order valence-electron chi connectivity index (χ1n) is 6.74. The van der Waals surface area contributed by atoms with Gasteiger partial charge in [0.2, 0.25) is 5.95 Å². The SMILES string of the molecule is COc1ccc(CSc2nnc(N)n2C2CC2)cc1[N+](=O)[O-]. The highest BCUT2D eigenvalue weighted by Gasteiger charge is 2.28. The van der Waals surface area contributed by atoms with Gasteiger partial charge in [-0.15, -0.1) is 10.2 Å². The topological polar surface area (TPSA) is 109 Å². The molecule has 9 heteroatoms. The van der Waals surface area contributed by atoms with E-state index in [2.05, 4.69) is 10.2 Å². The molecule has 0 unspecified atom stereocenters. The van der Waals surface area contributed by atoms with Gasteiger partial charge >= 0.3 is 5.69 Å². The lowest BCUT2D eigenvalue weighted by molar-refractivity contribution is -0.385. The molecule has 3 rings (SSSR count). The van der Waals surface area contributed by atoms with Crippen molar-refractivity contribution < 1.29 is 9.66 Å². The molecule has 0 amide bonds. The second-order valence-electron chi connectivity index (χ2n) is 4.99. The summed E-state index contributed by atoms with van der Waals surface area (Å²) < 4.78 is 6.93. The average molecular weight is 321 g/mol. The lowest BCUT2D eigenvalue weighted by Crippen LogP contribution is -2.02. The number of anilines is 1. The predicted octanol–water partition coefficient (Wildman–Crippen LogP) is 2.40. The molecule has 1 fully saturated rings. The van der Waals surface area contributed by atoms with Crippen LogP contribution in [0.4, 0.5) is 11.6 Å². The molecule has 1 saturated carbocycles. The van der Waals surface area contributed by atoms with Crippen molar-refractivity contribution in [1.82, 2.24) is 14.8 Å². The zero-order valence-electron chi connectivity index (χ0n) is 11.9. The Morgan fingerprint density at radius 2 is 2.27 bits per heavy atom. The van der Waals surface area contributed by atoms with Crippen LogP contribution in [0.1, 0.15) is 24.4 Å². The number of hydrogen-bond donors (Lipinski definition) is 1. The highest BCUT2D eigenvalue weighted by molar-refractivity contribution is 7.98. The summed E-state index contributed by atoms with van der Waals surface area (Å²) in [5.74, 6) is 1.23. The van der Waals surface area contributed by atoms with Crippen molar-refractivity contribution in [2.45, 2.75) is 29.8 Å². The molecule has 116 valence electrons. The van der Waals surface area contributed by atoms with Gasteiger partial charge < -0.3 is 10.5 Å². The monoisotopic (exact) mass is 321 g/mol. The van der Waals surface area contributed by atoms with Crippen LogP contribution in [-0.4, -0.2) is 26.8 Å².